The van der Waals surface area contributed by atoms with Gasteiger partial charge in [0.15, 0.2) is 0 Å². The van der Waals surface area contributed by atoms with Gasteiger partial charge in [-0.05, 0) is 22.6 Å². The summed E-state index contributed by atoms with van der Waals surface area (Å²) in [6, 6.07) is 21.4. The first kappa shape index (κ1) is 23.4. The molecule has 2 heterocycles. The van der Waals surface area contributed by atoms with Crippen LogP contribution in [-0.4, -0.2) is 16.0 Å². The predicted molar refractivity (Wildman–Crippen MR) is 109 cm³/mol. The molecule has 6 heteroatoms. The number of carbonyl (C=O) groups excluding carboxylic acids is 1. The summed E-state index contributed by atoms with van der Waals surface area (Å²) in [5.74, 6) is 0.672. The third-order valence-corrected chi connectivity index (χ3v) is 4.00. The van der Waals surface area contributed by atoms with Gasteiger partial charge in [-0.1, -0.05) is 50.7 Å². The molecule has 0 aliphatic rings. The molecule has 1 amide bonds. The number of hydrogen-bond acceptors (Lipinski definition) is 4. The number of nitrogens with zero attached hydrogens (tertiary/aromatic N) is 2. The Balaban J connectivity index is 0.000000255. The SMILES string of the molecule is CC(C)(C)c1c[c-]no1.O=C(Nc1cc[c-]cc1)c1nccc2ccccc12.[K+]. The molecule has 29 heavy (non-hydrogen) atoms. The van der Waals surface area contributed by atoms with Crippen molar-refractivity contribution in [3.63, 3.8) is 0 Å². The van der Waals surface area contributed by atoms with Gasteiger partial charge in [0.2, 0.25) is 0 Å². The Hall–Kier alpha value is -1.83. The maximum atomic E-state index is 12.2. The number of anilines is 1. The predicted octanol–water partition coefficient (Wildman–Crippen LogP) is 2.06. The van der Waals surface area contributed by atoms with Crippen LogP contribution in [0.4, 0.5) is 5.69 Å². The van der Waals surface area contributed by atoms with Crippen molar-refractivity contribution in [3.8, 4) is 0 Å². The van der Waals surface area contributed by atoms with Gasteiger partial charge in [-0.25, -0.2) is 5.16 Å². The number of pyridine rings is 1. The number of benzene rings is 2. The zero-order valence-electron chi connectivity index (χ0n) is 17.1. The molecule has 0 spiro atoms. The fourth-order valence-corrected chi connectivity index (χ4v) is 2.50. The van der Waals surface area contributed by atoms with Gasteiger partial charge in [0.05, 0.1) is 0 Å². The van der Waals surface area contributed by atoms with E-state index >= 15 is 0 Å². The molecule has 0 radical (unpaired) electrons. The Labute approximate surface area is 213 Å². The number of amides is 1. The van der Waals surface area contributed by atoms with Crippen molar-refractivity contribution in [2.45, 2.75) is 26.2 Å². The van der Waals surface area contributed by atoms with E-state index in [1.807, 2.05) is 30.3 Å². The van der Waals surface area contributed by atoms with Crippen LogP contribution in [0.3, 0.4) is 0 Å². The Morgan fingerprint density at radius 3 is 2.41 bits per heavy atom. The van der Waals surface area contributed by atoms with Crippen molar-refractivity contribution in [3.05, 3.63) is 90.6 Å². The second-order valence-corrected chi connectivity index (χ2v) is 7.19. The summed E-state index contributed by atoms with van der Waals surface area (Å²) in [7, 11) is 0. The van der Waals surface area contributed by atoms with Crippen LogP contribution < -0.4 is 56.7 Å². The summed E-state index contributed by atoms with van der Waals surface area (Å²) in [6.07, 6.45) is 4.27. The molecular formula is C23H21KN3O2-. The zero-order chi connectivity index (χ0) is 20.0. The largest absolute Gasteiger partial charge is 1.00 e. The first-order valence-corrected chi connectivity index (χ1v) is 8.89. The standard InChI is InChI=1S/C16H11N2O.C7H10NO.K/c19-16(18-13-7-2-1-3-8-13)15-14-9-5-4-6-12(14)10-11-17-15;1-7(2,3)6-4-5-8-9-6;/h2-11H,(H,18,19);4H,1-3H3;/q2*-1;+1. The normalized spacial score (nSPS) is 10.4. The Morgan fingerprint density at radius 2 is 1.79 bits per heavy atom. The van der Waals surface area contributed by atoms with Gasteiger partial charge in [0, 0.05) is 11.6 Å². The van der Waals surface area contributed by atoms with E-state index in [9.17, 15) is 4.79 Å². The van der Waals surface area contributed by atoms with Gasteiger partial charge in [0.1, 0.15) is 5.69 Å². The third-order valence-electron chi connectivity index (χ3n) is 4.00. The molecule has 0 bridgehead atoms. The van der Waals surface area contributed by atoms with E-state index in [1.165, 1.54) is 0 Å². The number of fused-ring (bicyclic) bond motifs is 1. The topological polar surface area (TPSA) is 68.0 Å². The van der Waals surface area contributed by atoms with Gasteiger partial charge in [-0.15, -0.1) is 18.3 Å². The average molecular weight is 411 g/mol. The summed E-state index contributed by atoms with van der Waals surface area (Å²) >= 11 is 0. The molecule has 0 aliphatic heterocycles. The summed E-state index contributed by atoms with van der Waals surface area (Å²) in [5, 5.41) is 8.17. The minimum absolute atomic E-state index is 0. The summed E-state index contributed by atoms with van der Waals surface area (Å²) in [4.78, 5) is 16.4. The van der Waals surface area contributed by atoms with Crippen molar-refractivity contribution in [2.75, 3.05) is 5.32 Å². The Bertz CT molecular complexity index is 1040. The first-order chi connectivity index (χ1) is 13.4. The zero-order valence-corrected chi connectivity index (χ0v) is 20.2. The van der Waals surface area contributed by atoms with Crippen LogP contribution in [0.15, 0.2) is 71.4 Å². The number of rotatable bonds is 2. The minimum atomic E-state index is -0.206. The van der Waals surface area contributed by atoms with Crippen LogP contribution in [0.25, 0.3) is 10.8 Å². The Kier molecular flexibility index (Phi) is 8.73. The molecule has 0 unspecified atom stereocenters. The van der Waals surface area contributed by atoms with E-state index in [0.717, 1.165) is 22.2 Å². The molecule has 0 atom stereocenters. The van der Waals surface area contributed by atoms with E-state index in [1.54, 1.807) is 36.5 Å². The summed E-state index contributed by atoms with van der Waals surface area (Å²) in [6.45, 7) is 6.21. The van der Waals surface area contributed by atoms with E-state index < -0.39 is 0 Å². The second kappa shape index (κ2) is 10.8. The molecule has 0 fully saturated rings. The number of hydrogen-bond donors (Lipinski definition) is 1. The molecule has 0 saturated heterocycles. The minimum Gasteiger partial charge on any atom is -0.470 e. The summed E-state index contributed by atoms with van der Waals surface area (Å²) < 4.78 is 4.89. The molecular weight excluding hydrogens is 389 g/mol. The number of aromatic nitrogens is 2. The molecule has 4 aromatic rings. The van der Waals surface area contributed by atoms with Crippen LogP contribution in [0.2, 0.25) is 0 Å². The van der Waals surface area contributed by atoms with Crippen LogP contribution >= 0.6 is 0 Å². The van der Waals surface area contributed by atoms with Crippen molar-refractivity contribution >= 4 is 22.4 Å². The van der Waals surface area contributed by atoms with E-state index in [4.69, 9.17) is 4.52 Å². The molecule has 0 saturated carbocycles. The molecule has 142 valence electrons. The molecule has 2 aromatic heterocycles. The maximum absolute atomic E-state index is 12.2. The molecule has 2 aromatic carbocycles. The van der Waals surface area contributed by atoms with E-state index in [-0.39, 0.29) is 62.7 Å². The van der Waals surface area contributed by atoms with Crippen molar-refractivity contribution in [1.82, 2.24) is 10.1 Å². The molecule has 1 N–H and O–H groups in total. The first-order valence-electron chi connectivity index (χ1n) is 8.89. The van der Waals surface area contributed by atoms with E-state index in [2.05, 4.69) is 48.5 Å². The number of carbonyl (C=O) groups is 1. The monoisotopic (exact) mass is 410 g/mol. The van der Waals surface area contributed by atoms with Gasteiger partial charge in [-0.2, -0.15) is 24.3 Å². The Morgan fingerprint density at radius 1 is 1.07 bits per heavy atom. The van der Waals surface area contributed by atoms with Gasteiger partial charge >= 0.3 is 51.4 Å². The van der Waals surface area contributed by atoms with Crippen LogP contribution in [0.1, 0.15) is 37.0 Å². The average Bonchev–Trinajstić information content (AvgIpc) is 3.24. The fraction of sp³-hybridized carbons (Fsp3) is 0.174. The van der Waals surface area contributed by atoms with Crippen molar-refractivity contribution < 1.29 is 60.7 Å². The molecule has 5 nitrogen and oxygen atoms in total. The van der Waals surface area contributed by atoms with Crippen LogP contribution in [0, 0.1) is 12.3 Å². The quantitative estimate of drug-likeness (QED) is 0.406. The third kappa shape index (κ3) is 6.59. The van der Waals surface area contributed by atoms with Crippen LogP contribution in [-0.2, 0) is 5.41 Å². The van der Waals surface area contributed by atoms with Crippen LogP contribution in [0.5, 0.6) is 0 Å². The van der Waals surface area contributed by atoms with Gasteiger partial charge in [-0.3, -0.25) is 9.78 Å². The number of nitrogens with one attached hydrogen (secondary N) is 1. The second-order valence-electron chi connectivity index (χ2n) is 7.19. The molecule has 0 aliphatic carbocycles. The van der Waals surface area contributed by atoms with E-state index in [0.29, 0.717) is 5.69 Å². The summed E-state index contributed by atoms with van der Waals surface area (Å²) in [5.41, 5.74) is 1.23. The van der Waals surface area contributed by atoms with Crippen molar-refractivity contribution in [2.24, 2.45) is 0 Å². The van der Waals surface area contributed by atoms with Gasteiger partial charge < -0.3 is 9.84 Å². The smallest absolute Gasteiger partial charge is 0.470 e. The maximum Gasteiger partial charge on any atom is 1.00 e. The van der Waals surface area contributed by atoms with Gasteiger partial charge in [0.25, 0.3) is 5.91 Å². The van der Waals surface area contributed by atoms with Crippen molar-refractivity contribution in [1.29, 1.82) is 0 Å². The fourth-order valence-electron chi connectivity index (χ4n) is 2.50. The molecule has 4 rings (SSSR count).